The van der Waals surface area contributed by atoms with Crippen LogP contribution < -0.4 is 16.2 Å². The monoisotopic (exact) mass is 182 g/mol. The van der Waals surface area contributed by atoms with Crippen LogP contribution in [0.5, 0.6) is 0 Å². The maximum absolute atomic E-state index is 11.2. The fraction of sp³-hybridized carbons (Fsp3) is 0.143. The van der Waals surface area contributed by atoms with Crippen LogP contribution in [-0.2, 0) is 0 Å². The number of hydrogen-bond donors (Lipinski definition) is 4. The lowest BCUT2D eigenvalue weighted by Gasteiger charge is -2.04. The highest BCUT2D eigenvalue weighted by atomic mass is 16.2. The number of nitrogens with one attached hydrogen (secondary N) is 4. The van der Waals surface area contributed by atoms with Gasteiger partial charge in [-0.3, -0.25) is 10.2 Å². The molecule has 0 aliphatic heterocycles. The van der Waals surface area contributed by atoms with Crippen molar-refractivity contribution in [2.75, 3.05) is 7.05 Å². The van der Waals surface area contributed by atoms with Gasteiger partial charge in [-0.15, -0.1) is 0 Å². The summed E-state index contributed by atoms with van der Waals surface area (Å²) in [5.41, 5.74) is 4.83. The van der Waals surface area contributed by atoms with Crippen LogP contribution in [0.15, 0.2) is 18.5 Å². The first-order valence-electron chi connectivity index (χ1n) is 3.65. The van der Waals surface area contributed by atoms with Gasteiger partial charge >= 0.3 is 6.03 Å². The summed E-state index contributed by atoms with van der Waals surface area (Å²) in [6.45, 7) is 0. The smallest absolute Gasteiger partial charge is 0.333 e. The number of hydrogen-bond acceptors (Lipinski definition) is 2. The SMILES string of the molecule is CNC(=O)NNC(=O)c1cc[nH]c1. The average Bonchev–Trinajstić information content (AvgIpc) is 2.66. The Kier molecular flexibility index (Phi) is 2.91. The van der Waals surface area contributed by atoms with Gasteiger partial charge in [0.15, 0.2) is 0 Å². The Labute approximate surface area is 74.7 Å². The van der Waals surface area contributed by atoms with Crippen molar-refractivity contribution in [2.24, 2.45) is 0 Å². The summed E-state index contributed by atoms with van der Waals surface area (Å²) >= 11 is 0. The molecule has 13 heavy (non-hydrogen) atoms. The minimum atomic E-state index is -0.469. The van der Waals surface area contributed by atoms with Crippen LogP contribution in [0.1, 0.15) is 10.4 Å². The van der Waals surface area contributed by atoms with E-state index in [1.54, 1.807) is 12.3 Å². The highest BCUT2D eigenvalue weighted by Crippen LogP contribution is 1.93. The summed E-state index contributed by atoms with van der Waals surface area (Å²) < 4.78 is 0. The molecule has 0 aliphatic carbocycles. The normalized spacial score (nSPS) is 9.00. The van der Waals surface area contributed by atoms with Gasteiger partial charge in [-0.25, -0.2) is 10.2 Å². The largest absolute Gasteiger partial charge is 0.367 e. The van der Waals surface area contributed by atoms with Crippen molar-refractivity contribution in [3.8, 4) is 0 Å². The molecule has 0 atom stereocenters. The number of amides is 3. The summed E-state index contributed by atoms with van der Waals surface area (Å²) in [7, 11) is 1.46. The first-order chi connectivity index (χ1) is 6.24. The Morgan fingerprint density at radius 3 is 2.69 bits per heavy atom. The zero-order chi connectivity index (χ0) is 9.68. The van der Waals surface area contributed by atoms with Crippen molar-refractivity contribution in [1.82, 2.24) is 21.2 Å². The van der Waals surface area contributed by atoms with E-state index in [0.717, 1.165) is 0 Å². The Morgan fingerprint density at radius 1 is 1.38 bits per heavy atom. The van der Waals surface area contributed by atoms with Crippen LogP contribution in [0, 0.1) is 0 Å². The van der Waals surface area contributed by atoms with Crippen molar-refractivity contribution in [2.45, 2.75) is 0 Å². The highest BCUT2D eigenvalue weighted by molar-refractivity contribution is 5.94. The molecule has 0 bridgehead atoms. The molecule has 0 aliphatic rings. The Morgan fingerprint density at radius 2 is 2.15 bits per heavy atom. The van der Waals surface area contributed by atoms with Crippen molar-refractivity contribution in [1.29, 1.82) is 0 Å². The van der Waals surface area contributed by atoms with E-state index in [0.29, 0.717) is 5.56 Å². The number of carbonyl (C=O) groups is 2. The van der Waals surface area contributed by atoms with Crippen molar-refractivity contribution >= 4 is 11.9 Å². The molecule has 3 amide bonds. The summed E-state index contributed by atoms with van der Waals surface area (Å²) in [6, 6.07) is 1.13. The van der Waals surface area contributed by atoms with Crippen LogP contribution in [-0.4, -0.2) is 24.0 Å². The number of aromatic nitrogens is 1. The molecule has 0 unspecified atom stereocenters. The average molecular weight is 182 g/mol. The second kappa shape index (κ2) is 4.15. The zero-order valence-electron chi connectivity index (χ0n) is 7.05. The lowest BCUT2D eigenvalue weighted by atomic mass is 10.3. The summed E-state index contributed by atoms with van der Waals surface area (Å²) in [6.07, 6.45) is 3.15. The van der Waals surface area contributed by atoms with Gasteiger partial charge < -0.3 is 10.3 Å². The minimum absolute atomic E-state index is 0.371. The van der Waals surface area contributed by atoms with Crippen molar-refractivity contribution in [3.05, 3.63) is 24.0 Å². The molecule has 0 saturated heterocycles. The molecule has 0 spiro atoms. The lowest BCUT2D eigenvalue weighted by molar-refractivity contribution is 0.0936. The molecule has 4 N–H and O–H groups in total. The number of rotatable bonds is 1. The topological polar surface area (TPSA) is 86.0 Å². The van der Waals surface area contributed by atoms with E-state index < -0.39 is 6.03 Å². The molecule has 1 heterocycles. The zero-order valence-corrected chi connectivity index (χ0v) is 7.05. The van der Waals surface area contributed by atoms with Crippen LogP contribution >= 0.6 is 0 Å². The van der Waals surface area contributed by atoms with Gasteiger partial charge in [0, 0.05) is 19.4 Å². The molecular weight excluding hydrogens is 172 g/mol. The summed E-state index contributed by atoms with van der Waals surface area (Å²) in [5.74, 6) is -0.371. The highest BCUT2D eigenvalue weighted by Gasteiger charge is 2.05. The predicted molar refractivity (Wildman–Crippen MR) is 45.9 cm³/mol. The van der Waals surface area contributed by atoms with Gasteiger partial charge in [-0.05, 0) is 6.07 Å². The number of hydrazine groups is 1. The molecule has 0 radical (unpaired) electrons. The van der Waals surface area contributed by atoms with E-state index in [2.05, 4.69) is 21.2 Å². The second-order valence-corrected chi connectivity index (χ2v) is 2.26. The fourth-order valence-corrected chi connectivity index (χ4v) is 0.713. The molecule has 6 heteroatoms. The maximum atomic E-state index is 11.2. The first-order valence-corrected chi connectivity index (χ1v) is 3.65. The van der Waals surface area contributed by atoms with Crippen LogP contribution in [0.4, 0.5) is 4.79 Å². The molecule has 1 aromatic heterocycles. The maximum Gasteiger partial charge on any atom is 0.333 e. The Bertz CT molecular complexity index is 293. The Hall–Kier alpha value is -1.98. The van der Waals surface area contributed by atoms with E-state index in [1.807, 2.05) is 0 Å². The van der Waals surface area contributed by atoms with E-state index in [4.69, 9.17) is 0 Å². The third-order valence-electron chi connectivity index (χ3n) is 1.38. The fourth-order valence-electron chi connectivity index (χ4n) is 0.713. The van der Waals surface area contributed by atoms with Gasteiger partial charge in [-0.1, -0.05) is 0 Å². The lowest BCUT2D eigenvalue weighted by Crippen LogP contribution is -2.45. The molecule has 1 rings (SSSR count). The molecule has 1 aromatic rings. The van der Waals surface area contributed by atoms with E-state index in [1.165, 1.54) is 13.2 Å². The summed E-state index contributed by atoms with van der Waals surface area (Å²) in [4.78, 5) is 24.5. The molecule has 0 aromatic carbocycles. The van der Waals surface area contributed by atoms with Crippen LogP contribution in [0.2, 0.25) is 0 Å². The predicted octanol–water partition coefficient (Wildman–Crippen LogP) is -0.412. The third-order valence-corrected chi connectivity index (χ3v) is 1.38. The number of carbonyl (C=O) groups excluding carboxylic acids is 2. The van der Waals surface area contributed by atoms with Gasteiger partial charge in [-0.2, -0.15) is 0 Å². The number of urea groups is 1. The van der Waals surface area contributed by atoms with Crippen molar-refractivity contribution < 1.29 is 9.59 Å². The standard InChI is InChI=1S/C7H10N4O2/c1-8-7(13)11-10-6(12)5-2-3-9-4-5/h2-4,9H,1H3,(H,10,12)(H2,8,11,13). The van der Waals surface area contributed by atoms with Gasteiger partial charge in [0.2, 0.25) is 0 Å². The number of aromatic amines is 1. The molecule has 6 nitrogen and oxygen atoms in total. The van der Waals surface area contributed by atoms with Crippen LogP contribution in [0.25, 0.3) is 0 Å². The first kappa shape index (κ1) is 9.11. The van der Waals surface area contributed by atoms with E-state index in [9.17, 15) is 9.59 Å². The minimum Gasteiger partial charge on any atom is -0.367 e. The van der Waals surface area contributed by atoms with Crippen molar-refractivity contribution in [3.63, 3.8) is 0 Å². The van der Waals surface area contributed by atoms with E-state index >= 15 is 0 Å². The Balaban J connectivity index is 2.39. The molecule has 0 saturated carbocycles. The molecular formula is C7H10N4O2. The van der Waals surface area contributed by atoms with Gasteiger partial charge in [0.05, 0.1) is 5.56 Å². The van der Waals surface area contributed by atoms with Crippen LogP contribution in [0.3, 0.4) is 0 Å². The quantitative estimate of drug-likeness (QED) is 0.445. The summed E-state index contributed by atoms with van der Waals surface area (Å²) in [5, 5.41) is 2.29. The van der Waals surface area contributed by atoms with Gasteiger partial charge in [0.1, 0.15) is 0 Å². The second-order valence-electron chi connectivity index (χ2n) is 2.26. The molecule has 0 fully saturated rings. The number of H-pyrrole nitrogens is 1. The van der Waals surface area contributed by atoms with Gasteiger partial charge in [0.25, 0.3) is 5.91 Å². The van der Waals surface area contributed by atoms with E-state index in [-0.39, 0.29) is 5.91 Å². The third kappa shape index (κ3) is 2.51. The molecule has 70 valence electrons.